The highest BCUT2D eigenvalue weighted by atomic mass is 16.3. The van der Waals surface area contributed by atoms with E-state index >= 15 is 0 Å². The van der Waals surface area contributed by atoms with Gasteiger partial charge in [0.05, 0.1) is 0 Å². The third-order valence-corrected chi connectivity index (χ3v) is 3.56. The molecule has 1 heterocycles. The maximum Gasteiger partial charge on any atom is 0.115 e. The Morgan fingerprint density at radius 1 is 1.44 bits per heavy atom. The first kappa shape index (κ1) is 11.5. The van der Waals surface area contributed by atoms with Crippen LogP contribution < -0.4 is 0 Å². The lowest BCUT2D eigenvalue weighted by Gasteiger charge is -2.19. The SMILES string of the molecule is CCCN1C[C@@H](c2cccc(O)c2)C[C@H]1C. The monoisotopic (exact) mass is 219 g/mol. The molecule has 1 aromatic rings. The van der Waals surface area contributed by atoms with E-state index in [1.165, 1.54) is 24.9 Å². The van der Waals surface area contributed by atoms with Gasteiger partial charge >= 0.3 is 0 Å². The highest BCUT2D eigenvalue weighted by Crippen LogP contribution is 2.32. The first-order valence-electron chi connectivity index (χ1n) is 6.23. The molecule has 0 aliphatic carbocycles. The van der Waals surface area contributed by atoms with Gasteiger partial charge in [0.25, 0.3) is 0 Å². The first-order chi connectivity index (χ1) is 7.70. The van der Waals surface area contributed by atoms with Gasteiger partial charge in [-0.15, -0.1) is 0 Å². The number of benzene rings is 1. The maximum atomic E-state index is 9.49. The fourth-order valence-corrected chi connectivity index (χ4v) is 2.72. The van der Waals surface area contributed by atoms with Crippen molar-refractivity contribution in [2.24, 2.45) is 0 Å². The van der Waals surface area contributed by atoms with Gasteiger partial charge in [0.2, 0.25) is 0 Å². The second kappa shape index (κ2) is 4.88. The number of hydrogen-bond donors (Lipinski definition) is 1. The number of rotatable bonds is 3. The van der Waals surface area contributed by atoms with Crippen LogP contribution in [0.5, 0.6) is 5.75 Å². The van der Waals surface area contributed by atoms with E-state index in [0.717, 1.165) is 6.54 Å². The normalized spacial score (nSPS) is 26.1. The van der Waals surface area contributed by atoms with Gasteiger partial charge in [-0.25, -0.2) is 0 Å². The average molecular weight is 219 g/mol. The minimum Gasteiger partial charge on any atom is -0.508 e. The summed E-state index contributed by atoms with van der Waals surface area (Å²) in [7, 11) is 0. The summed E-state index contributed by atoms with van der Waals surface area (Å²) >= 11 is 0. The van der Waals surface area contributed by atoms with Crippen LogP contribution in [0.2, 0.25) is 0 Å². The standard InChI is InChI=1S/C14H21NO/c1-3-7-15-10-13(8-11(15)2)12-5-4-6-14(16)9-12/h4-6,9,11,13,16H,3,7-8,10H2,1-2H3/t11-,13+/m1/s1. The second-order valence-electron chi connectivity index (χ2n) is 4.87. The molecule has 2 rings (SSSR count). The molecule has 1 saturated heterocycles. The first-order valence-corrected chi connectivity index (χ1v) is 6.23. The Bertz CT molecular complexity index is 350. The van der Waals surface area contributed by atoms with Crippen LogP contribution in [0.3, 0.4) is 0 Å². The molecule has 0 saturated carbocycles. The van der Waals surface area contributed by atoms with Crippen LogP contribution in [0.4, 0.5) is 0 Å². The predicted octanol–water partition coefficient (Wildman–Crippen LogP) is 2.98. The van der Waals surface area contributed by atoms with E-state index < -0.39 is 0 Å². The largest absolute Gasteiger partial charge is 0.508 e. The van der Waals surface area contributed by atoms with Crippen molar-refractivity contribution in [3.8, 4) is 5.75 Å². The van der Waals surface area contributed by atoms with Crippen LogP contribution in [0.25, 0.3) is 0 Å². The third kappa shape index (κ3) is 2.38. The van der Waals surface area contributed by atoms with Crippen molar-refractivity contribution in [1.29, 1.82) is 0 Å². The number of phenols is 1. The quantitative estimate of drug-likeness (QED) is 0.844. The minimum absolute atomic E-state index is 0.388. The maximum absolute atomic E-state index is 9.49. The van der Waals surface area contributed by atoms with Crippen LogP contribution in [0.15, 0.2) is 24.3 Å². The Kier molecular flexibility index (Phi) is 3.49. The molecule has 0 amide bonds. The Labute approximate surface area is 97.9 Å². The van der Waals surface area contributed by atoms with Crippen molar-refractivity contribution in [3.63, 3.8) is 0 Å². The lowest BCUT2D eigenvalue weighted by molar-refractivity contribution is 0.268. The Morgan fingerprint density at radius 2 is 2.25 bits per heavy atom. The van der Waals surface area contributed by atoms with Gasteiger partial charge in [0.15, 0.2) is 0 Å². The van der Waals surface area contributed by atoms with E-state index in [2.05, 4.69) is 24.8 Å². The van der Waals surface area contributed by atoms with Gasteiger partial charge < -0.3 is 10.0 Å². The molecule has 2 nitrogen and oxygen atoms in total. The average Bonchev–Trinajstić information content (AvgIpc) is 2.61. The topological polar surface area (TPSA) is 23.5 Å². The molecule has 16 heavy (non-hydrogen) atoms. The highest BCUT2D eigenvalue weighted by molar-refractivity contribution is 5.30. The van der Waals surface area contributed by atoms with Crippen molar-refractivity contribution >= 4 is 0 Å². The zero-order valence-corrected chi connectivity index (χ0v) is 10.2. The Balaban J connectivity index is 2.07. The molecule has 1 aliphatic heterocycles. The second-order valence-corrected chi connectivity index (χ2v) is 4.87. The molecule has 0 bridgehead atoms. The van der Waals surface area contributed by atoms with Crippen LogP contribution in [0, 0.1) is 0 Å². The molecule has 1 aliphatic rings. The molecule has 1 aromatic carbocycles. The zero-order valence-electron chi connectivity index (χ0n) is 10.2. The zero-order chi connectivity index (χ0) is 11.5. The van der Waals surface area contributed by atoms with Gasteiger partial charge in [0, 0.05) is 12.6 Å². The fraction of sp³-hybridized carbons (Fsp3) is 0.571. The van der Waals surface area contributed by atoms with Gasteiger partial charge in [-0.2, -0.15) is 0 Å². The van der Waals surface area contributed by atoms with Gasteiger partial charge in [-0.3, -0.25) is 0 Å². The Morgan fingerprint density at radius 3 is 2.94 bits per heavy atom. The summed E-state index contributed by atoms with van der Waals surface area (Å²) in [4.78, 5) is 2.55. The molecule has 88 valence electrons. The number of hydrogen-bond acceptors (Lipinski definition) is 2. The third-order valence-electron chi connectivity index (χ3n) is 3.56. The van der Waals surface area contributed by atoms with Gasteiger partial charge in [-0.05, 0) is 49.9 Å². The van der Waals surface area contributed by atoms with Gasteiger partial charge in [0.1, 0.15) is 5.75 Å². The highest BCUT2D eigenvalue weighted by Gasteiger charge is 2.29. The summed E-state index contributed by atoms with van der Waals surface area (Å²) in [6.45, 7) is 6.86. The molecular weight excluding hydrogens is 198 g/mol. The number of phenolic OH excluding ortho intramolecular Hbond substituents is 1. The number of nitrogens with zero attached hydrogens (tertiary/aromatic N) is 1. The molecule has 1 N–H and O–H groups in total. The van der Waals surface area contributed by atoms with E-state index in [1.807, 2.05) is 12.1 Å². The van der Waals surface area contributed by atoms with E-state index in [1.54, 1.807) is 6.07 Å². The van der Waals surface area contributed by atoms with E-state index in [4.69, 9.17) is 0 Å². The summed E-state index contributed by atoms with van der Waals surface area (Å²) in [5.41, 5.74) is 1.28. The molecule has 0 spiro atoms. The van der Waals surface area contributed by atoms with Crippen LogP contribution in [-0.2, 0) is 0 Å². The lowest BCUT2D eigenvalue weighted by atomic mass is 9.96. The van der Waals surface area contributed by atoms with Crippen LogP contribution in [0.1, 0.15) is 38.2 Å². The molecule has 2 atom stereocenters. The van der Waals surface area contributed by atoms with Crippen molar-refractivity contribution < 1.29 is 5.11 Å². The summed E-state index contributed by atoms with van der Waals surface area (Å²) in [5, 5.41) is 9.49. The van der Waals surface area contributed by atoms with Crippen molar-refractivity contribution in [2.45, 2.75) is 38.6 Å². The Hall–Kier alpha value is -1.02. The van der Waals surface area contributed by atoms with Gasteiger partial charge in [-0.1, -0.05) is 19.1 Å². The smallest absolute Gasteiger partial charge is 0.115 e. The lowest BCUT2D eigenvalue weighted by Crippen LogP contribution is -2.27. The van der Waals surface area contributed by atoms with Crippen LogP contribution in [-0.4, -0.2) is 29.1 Å². The van der Waals surface area contributed by atoms with E-state index in [0.29, 0.717) is 17.7 Å². The summed E-state index contributed by atoms with van der Waals surface area (Å²) < 4.78 is 0. The van der Waals surface area contributed by atoms with E-state index in [-0.39, 0.29) is 0 Å². The molecule has 0 unspecified atom stereocenters. The summed E-state index contributed by atoms with van der Waals surface area (Å²) in [6.07, 6.45) is 2.43. The molecule has 1 fully saturated rings. The van der Waals surface area contributed by atoms with Crippen LogP contribution >= 0.6 is 0 Å². The summed E-state index contributed by atoms with van der Waals surface area (Å²) in [5.74, 6) is 0.979. The fourth-order valence-electron chi connectivity index (χ4n) is 2.72. The molecule has 0 radical (unpaired) electrons. The van der Waals surface area contributed by atoms with E-state index in [9.17, 15) is 5.11 Å². The molecule has 0 aromatic heterocycles. The molecular formula is C14H21NO. The number of aromatic hydroxyl groups is 1. The van der Waals surface area contributed by atoms with Crippen molar-refractivity contribution in [2.75, 3.05) is 13.1 Å². The number of likely N-dealkylation sites (tertiary alicyclic amines) is 1. The molecule has 2 heteroatoms. The summed E-state index contributed by atoms with van der Waals surface area (Å²) in [6, 6.07) is 8.40. The van der Waals surface area contributed by atoms with Crippen molar-refractivity contribution in [3.05, 3.63) is 29.8 Å². The predicted molar refractivity (Wildman–Crippen MR) is 66.8 cm³/mol. The minimum atomic E-state index is 0.388. The van der Waals surface area contributed by atoms with Crippen molar-refractivity contribution in [1.82, 2.24) is 4.90 Å².